The number of benzene rings is 1. The summed E-state index contributed by atoms with van der Waals surface area (Å²) in [5.41, 5.74) is 0.367. The van der Waals surface area contributed by atoms with Crippen molar-refractivity contribution in [3.8, 4) is 6.07 Å². The highest BCUT2D eigenvalue weighted by atomic mass is 19.1. The van der Waals surface area contributed by atoms with E-state index in [0.29, 0.717) is 5.69 Å². The molecule has 0 fully saturated rings. The molecule has 12 heavy (non-hydrogen) atoms. The first kappa shape index (κ1) is 8.54. The SMILES string of the molecule is CC(C#N)Nc1ccccc1F. The largest absolute Gasteiger partial charge is 0.368 e. The van der Waals surface area contributed by atoms with Crippen LogP contribution >= 0.6 is 0 Å². The standard InChI is InChI=1S/C9H9FN2/c1-7(6-11)12-9-5-3-2-4-8(9)10/h2-5,7,12H,1H3. The number of hydrogen-bond donors (Lipinski definition) is 1. The molecule has 1 aromatic carbocycles. The molecule has 0 aliphatic carbocycles. The van der Waals surface area contributed by atoms with Crippen LogP contribution in [-0.4, -0.2) is 6.04 Å². The van der Waals surface area contributed by atoms with E-state index in [4.69, 9.17) is 5.26 Å². The number of nitrogens with one attached hydrogen (secondary N) is 1. The van der Waals surface area contributed by atoms with Gasteiger partial charge in [0.05, 0.1) is 11.8 Å². The van der Waals surface area contributed by atoms with E-state index >= 15 is 0 Å². The molecule has 0 saturated carbocycles. The Kier molecular flexibility index (Phi) is 2.65. The van der Waals surface area contributed by atoms with E-state index in [2.05, 4.69) is 5.32 Å². The highest BCUT2D eigenvalue weighted by molar-refractivity contribution is 5.46. The van der Waals surface area contributed by atoms with Crippen LogP contribution in [0.5, 0.6) is 0 Å². The highest BCUT2D eigenvalue weighted by Crippen LogP contribution is 2.12. The Balaban J connectivity index is 2.77. The molecule has 2 nitrogen and oxygen atoms in total. The van der Waals surface area contributed by atoms with Crippen molar-refractivity contribution in [2.75, 3.05) is 5.32 Å². The number of nitrogens with zero attached hydrogens (tertiary/aromatic N) is 1. The number of rotatable bonds is 2. The van der Waals surface area contributed by atoms with Gasteiger partial charge in [-0.1, -0.05) is 12.1 Å². The first-order valence-electron chi connectivity index (χ1n) is 3.64. The summed E-state index contributed by atoms with van der Waals surface area (Å²) in [4.78, 5) is 0. The second-order valence-corrected chi connectivity index (χ2v) is 2.47. The van der Waals surface area contributed by atoms with Gasteiger partial charge in [0.2, 0.25) is 0 Å². The third-order valence-electron chi connectivity index (χ3n) is 1.44. The lowest BCUT2D eigenvalue weighted by atomic mass is 10.2. The van der Waals surface area contributed by atoms with E-state index in [1.165, 1.54) is 6.07 Å². The van der Waals surface area contributed by atoms with Crippen LogP contribution in [0.25, 0.3) is 0 Å². The van der Waals surface area contributed by atoms with Crippen molar-refractivity contribution < 1.29 is 4.39 Å². The molecular weight excluding hydrogens is 155 g/mol. The van der Waals surface area contributed by atoms with Gasteiger partial charge >= 0.3 is 0 Å². The van der Waals surface area contributed by atoms with Crippen LogP contribution in [0.4, 0.5) is 10.1 Å². The van der Waals surface area contributed by atoms with Crippen molar-refractivity contribution in [1.29, 1.82) is 5.26 Å². The van der Waals surface area contributed by atoms with Crippen LogP contribution in [-0.2, 0) is 0 Å². The van der Waals surface area contributed by atoms with E-state index in [-0.39, 0.29) is 11.9 Å². The zero-order valence-corrected chi connectivity index (χ0v) is 6.71. The number of nitriles is 1. The summed E-state index contributed by atoms with van der Waals surface area (Å²) in [7, 11) is 0. The van der Waals surface area contributed by atoms with E-state index in [1.54, 1.807) is 25.1 Å². The van der Waals surface area contributed by atoms with Gasteiger partial charge in [-0.2, -0.15) is 5.26 Å². The van der Waals surface area contributed by atoms with Crippen molar-refractivity contribution in [1.82, 2.24) is 0 Å². The van der Waals surface area contributed by atoms with Gasteiger partial charge in [-0.15, -0.1) is 0 Å². The first-order valence-corrected chi connectivity index (χ1v) is 3.64. The summed E-state index contributed by atoms with van der Waals surface area (Å²) < 4.78 is 12.9. The molecule has 0 radical (unpaired) electrons. The van der Waals surface area contributed by atoms with Gasteiger partial charge in [0, 0.05) is 0 Å². The second kappa shape index (κ2) is 3.72. The summed E-state index contributed by atoms with van der Waals surface area (Å²) >= 11 is 0. The van der Waals surface area contributed by atoms with Gasteiger partial charge in [-0.3, -0.25) is 0 Å². The fourth-order valence-electron chi connectivity index (χ4n) is 0.844. The van der Waals surface area contributed by atoms with Gasteiger partial charge in [0.1, 0.15) is 11.9 Å². The molecule has 0 aliphatic heterocycles. The normalized spacial score (nSPS) is 11.8. The summed E-state index contributed by atoms with van der Waals surface area (Å²) in [6, 6.07) is 7.87. The Labute approximate surface area is 70.6 Å². The minimum Gasteiger partial charge on any atom is -0.368 e. The molecule has 0 amide bonds. The molecule has 1 N–H and O–H groups in total. The maximum atomic E-state index is 12.9. The van der Waals surface area contributed by atoms with Crippen molar-refractivity contribution in [3.05, 3.63) is 30.1 Å². The molecule has 1 rings (SSSR count). The van der Waals surface area contributed by atoms with Crippen molar-refractivity contribution in [3.63, 3.8) is 0 Å². The molecule has 0 spiro atoms. The molecule has 1 atom stereocenters. The third kappa shape index (κ3) is 1.96. The molecule has 0 aliphatic rings. The van der Waals surface area contributed by atoms with E-state index in [9.17, 15) is 4.39 Å². The molecule has 1 aromatic rings. The smallest absolute Gasteiger partial charge is 0.146 e. The minimum absolute atomic E-state index is 0.334. The quantitative estimate of drug-likeness (QED) is 0.726. The summed E-state index contributed by atoms with van der Waals surface area (Å²) in [6.45, 7) is 1.67. The molecule has 3 heteroatoms. The average molecular weight is 164 g/mol. The first-order chi connectivity index (χ1) is 5.74. The lowest BCUT2D eigenvalue weighted by Crippen LogP contribution is -2.12. The Morgan fingerprint density at radius 2 is 2.17 bits per heavy atom. The van der Waals surface area contributed by atoms with Crippen LogP contribution < -0.4 is 5.32 Å². The monoisotopic (exact) mass is 164 g/mol. The highest BCUT2D eigenvalue weighted by Gasteiger charge is 2.02. The van der Waals surface area contributed by atoms with Crippen LogP contribution in [0.15, 0.2) is 24.3 Å². The summed E-state index contributed by atoms with van der Waals surface area (Å²) in [5.74, 6) is -0.334. The molecule has 0 aromatic heterocycles. The number of hydrogen-bond acceptors (Lipinski definition) is 2. The van der Waals surface area contributed by atoms with Crippen LogP contribution in [0.2, 0.25) is 0 Å². The van der Waals surface area contributed by atoms with Gasteiger partial charge in [0.15, 0.2) is 0 Å². The zero-order chi connectivity index (χ0) is 8.97. The lowest BCUT2D eigenvalue weighted by Gasteiger charge is -2.07. The predicted molar refractivity (Wildman–Crippen MR) is 45.1 cm³/mol. The van der Waals surface area contributed by atoms with Gasteiger partial charge < -0.3 is 5.32 Å². The van der Waals surface area contributed by atoms with Crippen LogP contribution in [0, 0.1) is 17.1 Å². The molecule has 0 heterocycles. The zero-order valence-electron chi connectivity index (χ0n) is 6.71. The second-order valence-electron chi connectivity index (χ2n) is 2.47. The fraction of sp³-hybridized carbons (Fsp3) is 0.222. The van der Waals surface area contributed by atoms with Crippen molar-refractivity contribution >= 4 is 5.69 Å². The van der Waals surface area contributed by atoms with Crippen molar-refractivity contribution in [2.24, 2.45) is 0 Å². The third-order valence-corrected chi connectivity index (χ3v) is 1.44. The van der Waals surface area contributed by atoms with Gasteiger partial charge in [-0.25, -0.2) is 4.39 Å². The lowest BCUT2D eigenvalue weighted by molar-refractivity contribution is 0.629. The van der Waals surface area contributed by atoms with Gasteiger partial charge in [-0.05, 0) is 19.1 Å². The van der Waals surface area contributed by atoms with Gasteiger partial charge in [0.25, 0.3) is 0 Å². The summed E-state index contributed by atoms with van der Waals surface area (Å²) in [6.07, 6.45) is 0. The van der Waals surface area contributed by atoms with E-state index in [1.807, 2.05) is 6.07 Å². The van der Waals surface area contributed by atoms with Crippen LogP contribution in [0.3, 0.4) is 0 Å². The van der Waals surface area contributed by atoms with Crippen molar-refractivity contribution in [2.45, 2.75) is 13.0 Å². The molecule has 0 saturated heterocycles. The number of anilines is 1. The average Bonchev–Trinajstić information content (AvgIpc) is 2.09. The summed E-state index contributed by atoms with van der Waals surface area (Å²) in [5, 5.41) is 11.2. The topological polar surface area (TPSA) is 35.8 Å². The maximum Gasteiger partial charge on any atom is 0.146 e. The molecule has 0 bridgehead atoms. The maximum absolute atomic E-state index is 12.9. The van der Waals surface area contributed by atoms with E-state index in [0.717, 1.165) is 0 Å². The Morgan fingerprint density at radius 3 is 2.75 bits per heavy atom. The molecule has 1 unspecified atom stereocenters. The number of para-hydroxylation sites is 1. The van der Waals surface area contributed by atoms with E-state index < -0.39 is 0 Å². The molecule has 62 valence electrons. The Morgan fingerprint density at radius 1 is 1.50 bits per heavy atom. The molecular formula is C9H9FN2. The van der Waals surface area contributed by atoms with Crippen LogP contribution in [0.1, 0.15) is 6.92 Å². The number of halogens is 1. The fourth-order valence-corrected chi connectivity index (χ4v) is 0.844. The minimum atomic E-state index is -0.373. The Bertz CT molecular complexity index is 304. The Hall–Kier alpha value is -1.56. The predicted octanol–water partition coefficient (Wildman–Crippen LogP) is 2.15.